The molecule has 142 valence electrons. The lowest BCUT2D eigenvalue weighted by Gasteiger charge is -2.34. The van der Waals surface area contributed by atoms with Gasteiger partial charge < -0.3 is 14.2 Å². The highest BCUT2D eigenvalue weighted by Gasteiger charge is 2.26. The highest BCUT2D eigenvalue weighted by molar-refractivity contribution is 5.80. The van der Waals surface area contributed by atoms with Crippen LogP contribution in [-0.2, 0) is 0 Å². The SMILES string of the molecule is CCCOc1c(C)cccc1N1CCC(c2noc3cc(F)ccc23)CC1. The number of ether oxygens (including phenoxy) is 1. The fourth-order valence-corrected chi connectivity index (χ4v) is 3.90. The number of piperidine rings is 1. The molecule has 0 N–H and O–H groups in total. The average molecular weight is 368 g/mol. The number of fused-ring (bicyclic) bond motifs is 1. The summed E-state index contributed by atoms with van der Waals surface area (Å²) in [5, 5.41) is 5.17. The second-order valence-corrected chi connectivity index (χ2v) is 7.24. The van der Waals surface area contributed by atoms with E-state index in [2.05, 4.69) is 42.1 Å². The zero-order valence-electron chi connectivity index (χ0n) is 15.9. The van der Waals surface area contributed by atoms with E-state index in [1.54, 1.807) is 6.07 Å². The molecule has 2 heterocycles. The normalized spacial score (nSPS) is 15.4. The van der Waals surface area contributed by atoms with Gasteiger partial charge in [-0.05, 0) is 49.9 Å². The molecule has 0 bridgehead atoms. The number of hydrogen-bond acceptors (Lipinski definition) is 4. The van der Waals surface area contributed by atoms with Crippen molar-refractivity contribution < 1.29 is 13.7 Å². The highest BCUT2D eigenvalue weighted by atomic mass is 19.1. The van der Waals surface area contributed by atoms with Crippen LogP contribution in [0.1, 0.15) is 43.4 Å². The molecule has 1 fully saturated rings. The molecule has 1 aliphatic heterocycles. The molecule has 27 heavy (non-hydrogen) atoms. The van der Waals surface area contributed by atoms with E-state index in [0.29, 0.717) is 11.5 Å². The predicted octanol–water partition coefficient (Wildman–Crippen LogP) is 5.45. The molecule has 0 saturated carbocycles. The van der Waals surface area contributed by atoms with Crippen LogP contribution in [0.2, 0.25) is 0 Å². The Balaban J connectivity index is 1.51. The molecule has 0 atom stereocenters. The minimum Gasteiger partial charge on any atom is -0.491 e. The Morgan fingerprint density at radius 3 is 2.81 bits per heavy atom. The Kier molecular flexibility index (Phi) is 5.01. The topological polar surface area (TPSA) is 38.5 Å². The number of rotatable bonds is 5. The molecule has 3 aromatic rings. The third-order valence-corrected chi connectivity index (χ3v) is 5.33. The van der Waals surface area contributed by atoms with Crippen molar-refractivity contribution in [3.05, 3.63) is 53.5 Å². The Morgan fingerprint density at radius 1 is 1.22 bits per heavy atom. The summed E-state index contributed by atoms with van der Waals surface area (Å²) in [5.74, 6) is 1.04. The van der Waals surface area contributed by atoms with E-state index in [4.69, 9.17) is 9.26 Å². The van der Waals surface area contributed by atoms with E-state index >= 15 is 0 Å². The Morgan fingerprint density at radius 2 is 2.04 bits per heavy atom. The summed E-state index contributed by atoms with van der Waals surface area (Å²) in [6.45, 7) is 6.83. The maximum absolute atomic E-state index is 13.4. The van der Waals surface area contributed by atoms with Crippen molar-refractivity contribution in [2.24, 2.45) is 0 Å². The van der Waals surface area contributed by atoms with Crippen molar-refractivity contribution in [1.82, 2.24) is 5.16 Å². The lowest BCUT2D eigenvalue weighted by atomic mass is 9.91. The van der Waals surface area contributed by atoms with Gasteiger partial charge in [-0.2, -0.15) is 0 Å². The largest absolute Gasteiger partial charge is 0.491 e. The van der Waals surface area contributed by atoms with Crippen LogP contribution >= 0.6 is 0 Å². The smallest absolute Gasteiger partial charge is 0.170 e. The summed E-state index contributed by atoms with van der Waals surface area (Å²) in [6.07, 6.45) is 2.97. The fourth-order valence-electron chi connectivity index (χ4n) is 3.90. The molecule has 2 aromatic carbocycles. The second kappa shape index (κ2) is 7.59. The maximum atomic E-state index is 13.4. The molecule has 4 rings (SSSR count). The molecular weight excluding hydrogens is 343 g/mol. The summed E-state index contributed by atoms with van der Waals surface area (Å²) in [6, 6.07) is 11.0. The van der Waals surface area contributed by atoms with Crippen LogP contribution in [0.4, 0.5) is 10.1 Å². The van der Waals surface area contributed by atoms with Gasteiger partial charge in [0.2, 0.25) is 0 Å². The molecule has 0 radical (unpaired) electrons. The summed E-state index contributed by atoms with van der Waals surface area (Å²) in [4.78, 5) is 2.40. The molecule has 0 amide bonds. The van der Waals surface area contributed by atoms with Gasteiger partial charge in [-0.25, -0.2) is 4.39 Å². The van der Waals surface area contributed by atoms with Crippen LogP contribution in [0.5, 0.6) is 5.75 Å². The van der Waals surface area contributed by atoms with E-state index in [1.807, 2.05) is 0 Å². The Hall–Kier alpha value is -2.56. The van der Waals surface area contributed by atoms with E-state index < -0.39 is 0 Å². The van der Waals surface area contributed by atoms with Gasteiger partial charge in [0.1, 0.15) is 11.6 Å². The van der Waals surface area contributed by atoms with Gasteiger partial charge >= 0.3 is 0 Å². The van der Waals surface area contributed by atoms with Gasteiger partial charge in [-0.15, -0.1) is 0 Å². The van der Waals surface area contributed by atoms with Crippen LogP contribution in [0.3, 0.4) is 0 Å². The maximum Gasteiger partial charge on any atom is 0.170 e. The number of aryl methyl sites for hydroxylation is 1. The van der Waals surface area contributed by atoms with Gasteiger partial charge in [-0.3, -0.25) is 0 Å². The van der Waals surface area contributed by atoms with Crippen molar-refractivity contribution in [2.75, 3.05) is 24.6 Å². The number of anilines is 1. The molecule has 1 aliphatic rings. The molecular formula is C22H25FN2O2. The first kappa shape index (κ1) is 17.8. The predicted molar refractivity (Wildman–Crippen MR) is 105 cm³/mol. The molecule has 1 aromatic heterocycles. The first-order chi connectivity index (χ1) is 13.2. The first-order valence-electron chi connectivity index (χ1n) is 9.69. The monoisotopic (exact) mass is 368 g/mol. The van der Waals surface area contributed by atoms with Gasteiger partial charge in [0.05, 0.1) is 18.0 Å². The van der Waals surface area contributed by atoms with Crippen LogP contribution in [0.15, 0.2) is 40.9 Å². The van der Waals surface area contributed by atoms with Crippen molar-refractivity contribution in [3.63, 3.8) is 0 Å². The van der Waals surface area contributed by atoms with E-state index in [-0.39, 0.29) is 5.82 Å². The number of aromatic nitrogens is 1. The lowest BCUT2D eigenvalue weighted by Crippen LogP contribution is -2.33. The van der Waals surface area contributed by atoms with Crippen molar-refractivity contribution >= 4 is 16.7 Å². The van der Waals surface area contributed by atoms with Crippen molar-refractivity contribution in [1.29, 1.82) is 0 Å². The zero-order chi connectivity index (χ0) is 18.8. The van der Waals surface area contributed by atoms with E-state index in [1.165, 1.54) is 23.4 Å². The number of hydrogen-bond donors (Lipinski definition) is 0. The van der Waals surface area contributed by atoms with Gasteiger partial charge in [0, 0.05) is 30.5 Å². The number of benzene rings is 2. The van der Waals surface area contributed by atoms with Gasteiger partial charge in [0.15, 0.2) is 5.58 Å². The number of halogens is 1. The van der Waals surface area contributed by atoms with Crippen LogP contribution < -0.4 is 9.64 Å². The molecule has 5 heteroatoms. The molecule has 4 nitrogen and oxygen atoms in total. The van der Waals surface area contributed by atoms with Crippen LogP contribution in [0.25, 0.3) is 11.0 Å². The lowest BCUT2D eigenvalue weighted by molar-refractivity contribution is 0.314. The fraction of sp³-hybridized carbons (Fsp3) is 0.409. The van der Waals surface area contributed by atoms with Gasteiger partial charge in [-0.1, -0.05) is 24.2 Å². The van der Waals surface area contributed by atoms with Gasteiger partial charge in [0.25, 0.3) is 0 Å². The molecule has 0 aliphatic carbocycles. The van der Waals surface area contributed by atoms with Crippen molar-refractivity contribution in [2.45, 2.75) is 39.0 Å². The zero-order valence-corrected chi connectivity index (χ0v) is 15.9. The summed E-state index contributed by atoms with van der Waals surface area (Å²) >= 11 is 0. The first-order valence-corrected chi connectivity index (χ1v) is 9.69. The minimum atomic E-state index is -0.293. The summed E-state index contributed by atoms with van der Waals surface area (Å²) < 4.78 is 24.8. The summed E-state index contributed by atoms with van der Waals surface area (Å²) in [5.41, 5.74) is 3.83. The Bertz CT molecular complexity index is 929. The number of para-hydroxylation sites is 1. The second-order valence-electron chi connectivity index (χ2n) is 7.24. The quantitative estimate of drug-likeness (QED) is 0.600. The number of nitrogens with zero attached hydrogens (tertiary/aromatic N) is 2. The highest BCUT2D eigenvalue weighted by Crippen LogP contribution is 2.38. The van der Waals surface area contributed by atoms with Crippen LogP contribution in [0, 0.1) is 12.7 Å². The third kappa shape index (κ3) is 3.51. The summed E-state index contributed by atoms with van der Waals surface area (Å²) in [7, 11) is 0. The van der Waals surface area contributed by atoms with E-state index in [9.17, 15) is 4.39 Å². The third-order valence-electron chi connectivity index (χ3n) is 5.33. The molecule has 0 spiro atoms. The Labute approximate surface area is 158 Å². The van der Waals surface area contributed by atoms with E-state index in [0.717, 1.165) is 55.8 Å². The standard InChI is InChI=1S/C22H25FN2O2/c1-3-13-26-22-15(2)5-4-6-19(22)25-11-9-16(10-12-25)21-18-8-7-17(23)14-20(18)27-24-21/h4-8,14,16H,3,9-13H2,1-2H3. The molecule has 0 unspecified atom stereocenters. The average Bonchev–Trinajstić information content (AvgIpc) is 3.10. The van der Waals surface area contributed by atoms with Crippen LogP contribution in [-0.4, -0.2) is 24.9 Å². The van der Waals surface area contributed by atoms with Crippen molar-refractivity contribution in [3.8, 4) is 5.75 Å². The molecule has 1 saturated heterocycles. The minimum absolute atomic E-state index is 0.293.